The number of halogens is 4. The summed E-state index contributed by atoms with van der Waals surface area (Å²) in [4.78, 5) is 25.7. The summed E-state index contributed by atoms with van der Waals surface area (Å²) in [6.07, 6.45) is 0.762. The van der Waals surface area contributed by atoms with E-state index in [9.17, 15) is 27.9 Å². The van der Waals surface area contributed by atoms with Gasteiger partial charge in [-0.05, 0) is 25.1 Å². The molecule has 1 aromatic heterocycles. The Labute approximate surface area is 172 Å². The largest absolute Gasteiger partial charge is 0.477 e. The van der Waals surface area contributed by atoms with Gasteiger partial charge in [-0.2, -0.15) is 0 Å². The van der Waals surface area contributed by atoms with E-state index in [1.54, 1.807) is 0 Å². The van der Waals surface area contributed by atoms with Gasteiger partial charge in [0, 0.05) is 31.4 Å². The van der Waals surface area contributed by atoms with E-state index < -0.39 is 51.1 Å². The fourth-order valence-electron chi connectivity index (χ4n) is 4.32. The summed E-state index contributed by atoms with van der Waals surface area (Å²) in [5.74, 6) is -5.80. The number of nitrogens with zero attached hydrogens (tertiary/aromatic N) is 2. The first kappa shape index (κ1) is 19.6. The number of piperazine rings is 1. The minimum absolute atomic E-state index is 0.0631. The van der Waals surface area contributed by atoms with Gasteiger partial charge in [0.05, 0.1) is 22.1 Å². The molecule has 2 aromatic carbocycles. The second kappa shape index (κ2) is 6.30. The molecule has 2 unspecified atom stereocenters. The Morgan fingerprint density at radius 1 is 1.19 bits per heavy atom. The highest BCUT2D eigenvalue weighted by atomic mass is 19.1. The molecular formula is C21H15F4N3O3. The van der Waals surface area contributed by atoms with Crippen molar-refractivity contribution in [3.8, 4) is 5.69 Å². The Kier molecular flexibility index (Phi) is 3.97. The first-order valence-electron chi connectivity index (χ1n) is 9.39. The quantitative estimate of drug-likeness (QED) is 0.490. The number of hydrogen-bond acceptors (Lipinski definition) is 4. The average Bonchev–Trinajstić information content (AvgIpc) is 3.19. The van der Waals surface area contributed by atoms with Crippen molar-refractivity contribution in [1.29, 1.82) is 0 Å². The van der Waals surface area contributed by atoms with Crippen molar-refractivity contribution in [3.05, 3.63) is 69.5 Å². The number of anilines is 1. The summed E-state index contributed by atoms with van der Waals surface area (Å²) < 4.78 is 59.4. The Morgan fingerprint density at radius 2 is 1.94 bits per heavy atom. The lowest BCUT2D eigenvalue weighted by Gasteiger charge is -2.24. The number of pyridine rings is 1. The minimum Gasteiger partial charge on any atom is -0.477 e. The van der Waals surface area contributed by atoms with Crippen molar-refractivity contribution < 1.29 is 27.5 Å². The van der Waals surface area contributed by atoms with Crippen LogP contribution < -0.4 is 15.6 Å². The molecule has 5 rings (SSSR count). The molecule has 0 amide bonds. The van der Waals surface area contributed by atoms with Crippen molar-refractivity contribution in [1.82, 2.24) is 9.88 Å². The van der Waals surface area contributed by atoms with Gasteiger partial charge in [0.2, 0.25) is 5.43 Å². The van der Waals surface area contributed by atoms with Crippen LogP contribution >= 0.6 is 0 Å². The van der Waals surface area contributed by atoms with Crippen LogP contribution in [0.25, 0.3) is 16.6 Å². The number of fused-ring (bicyclic) bond motifs is 2. The molecule has 2 aliphatic heterocycles. The maximum absolute atomic E-state index is 15.7. The van der Waals surface area contributed by atoms with Crippen molar-refractivity contribution in [2.75, 3.05) is 18.0 Å². The molecule has 0 bridgehead atoms. The molecule has 2 fully saturated rings. The molecule has 0 aliphatic carbocycles. The first-order valence-corrected chi connectivity index (χ1v) is 9.39. The van der Waals surface area contributed by atoms with Gasteiger partial charge in [0.15, 0.2) is 5.82 Å². The number of hydrogen-bond donors (Lipinski definition) is 2. The summed E-state index contributed by atoms with van der Waals surface area (Å²) in [7, 11) is 0. The number of nitrogens with one attached hydrogen (secondary N) is 1. The lowest BCUT2D eigenvalue weighted by Crippen LogP contribution is -2.32. The van der Waals surface area contributed by atoms with Crippen LogP contribution in [0.15, 0.2) is 35.3 Å². The van der Waals surface area contributed by atoms with Crippen LogP contribution in [-0.4, -0.2) is 40.3 Å². The van der Waals surface area contributed by atoms with Crippen LogP contribution in [0, 0.1) is 23.3 Å². The lowest BCUT2D eigenvalue weighted by molar-refractivity contribution is 0.0695. The van der Waals surface area contributed by atoms with Crippen molar-refractivity contribution in [2.45, 2.75) is 18.5 Å². The smallest absolute Gasteiger partial charge is 0.341 e. The van der Waals surface area contributed by atoms with E-state index in [2.05, 4.69) is 5.32 Å². The number of carbonyl (C=O) groups is 1. The third kappa shape index (κ3) is 2.82. The van der Waals surface area contributed by atoms with Gasteiger partial charge >= 0.3 is 5.97 Å². The molecule has 0 radical (unpaired) electrons. The van der Waals surface area contributed by atoms with Gasteiger partial charge in [-0.25, -0.2) is 22.4 Å². The number of aromatic carboxylic acids is 1. The summed E-state index contributed by atoms with van der Waals surface area (Å²) in [5, 5.41) is 12.0. The maximum Gasteiger partial charge on any atom is 0.341 e. The maximum atomic E-state index is 15.7. The van der Waals surface area contributed by atoms with Crippen LogP contribution in [0.3, 0.4) is 0 Å². The SMILES string of the molecule is CC12CN(c3c(F)cc4c(=O)c(C(=O)O)cn(-c5ccc(F)cc5F)c4c3F)CC1N2. The molecule has 160 valence electrons. The van der Waals surface area contributed by atoms with Gasteiger partial charge in [0.25, 0.3) is 0 Å². The number of rotatable bonds is 3. The predicted molar refractivity (Wildman–Crippen MR) is 104 cm³/mol. The predicted octanol–water partition coefficient (Wildman–Crippen LogP) is 2.80. The molecule has 6 nitrogen and oxygen atoms in total. The van der Waals surface area contributed by atoms with Crippen molar-refractivity contribution in [2.24, 2.45) is 0 Å². The van der Waals surface area contributed by atoms with Gasteiger partial charge in [-0.3, -0.25) is 4.79 Å². The zero-order valence-electron chi connectivity index (χ0n) is 16.0. The standard InChI is InChI=1S/C21H15F4N3O3/c1-21-8-27(7-15(21)26-21)18-13(24)5-10-17(16(18)25)28(6-11(19(10)29)20(30)31)14-3-2-9(22)4-12(14)23/h2-6,15,26H,7-8H2,1H3,(H,30,31). The second-order valence-electron chi connectivity index (χ2n) is 8.05. The van der Waals surface area contributed by atoms with Gasteiger partial charge in [0.1, 0.15) is 28.7 Å². The van der Waals surface area contributed by atoms with E-state index in [1.807, 2.05) is 6.92 Å². The zero-order chi connectivity index (χ0) is 22.2. The van der Waals surface area contributed by atoms with E-state index in [4.69, 9.17) is 0 Å². The molecule has 3 heterocycles. The number of benzene rings is 2. The Morgan fingerprint density at radius 3 is 2.55 bits per heavy atom. The summed E-state index contributed by atoms with van der Waals surface area (Å²) in [6.45, 7) is 2.56. The van der Waals surface area contributed by atoms with Crippen LogP contribution in [0.4, 0.5) is 23.2 Å². The van der Waals surface area contributed by atoms with Crippen molar-refractivity contribution >= 4 is 22.6 Å². The van der Waals surface area contributed by atoms with E-state index in [0.29, 0.717) is 19.2 Å². The van der Waals surface area contributed by atoms with E-state index in [-0.39, 0.29) is 23.0 Å². The van der Waals surface area contributed by atoms with Crippen molar-refractivity contribution in [3.63, 3.8) is 0 Å². The molecule has 3 aromatic rings. The fourth-order valence-corrected chi connectivity index (χ4v) is 4.32. The lowest BCUT2D eigenvalue weighted by atomic mass is 10.1. The Bertz CT molecular complexity index is 1360. The molecule has 31 heavy (non-hydrogen) atoms. The molecular weight excluding hydrogens is 418 g/mol. The molecule has 0 spiro atoms. The molecule has 2 aliphatic rings. The third-order valence-electron chi connectivity index (χ3n) is 5.98. The molecule has 10 heteroatoms. The Balaban J connectivity index is 1.84. The fraction of sp³-hybridized carbons (Fsp3) is 0.238. The first-order chi connectivity index (χ1) is 14.6. The number of carboxylic acid groups (broad SMARTS) is 1. The van der Waals surface area contributed by atoms with Crippen LogP contribution in [-0.2, 0) is 0 Å². The molecule has 2 atom stereocenters. The number of carboxylic acids is 1. The molecule has 0 saturated carbocycles. The van der Waals surface area contributed by atoms with Gasteiger partial charge in [-0.1, -0.05) is 0 Å². The summed E-state index contributed by atoms with van der Waals surface area (Å²) >= 11 is 0. The summed E-state index contributed by atoms with van der Waals surface area (Å²) in [5.41, 5.74) is -3.45. The van der Waals surface area contributed by atoms with E-state index in [0.717, 1.165) is 29.0 Å². The topological polar surface area (TPSA) is 84.5 Å². The van der Waals surface area contributed by atoms with Crippen LogP contribution in [0.2, 0.25) is 0 Å². The normalized spacial score (nSPS) is 22.1. The van der Waals surface area contributed by atoms with E-state index >= 15 is 4.39 Å². The molecule has 2 N–H and O–H groups in total. The molecule has 2 saturated heterocycles. The van der Waals surface area contributed by atoms with Gasteiger partial charge < -0.3 is 19.9 Å². The highest BCUT2D eigenvalue weighted by Crippen LogP contribution is 2.40. The second-order valence-corrected chi connectivity index (χ2v) is 8.05. The van der Waals surface area contributed by atoms with Gasteiger partial charge in [-0.15, -0.1) is 0 Å². The van der Waals surface area contributed by atoms with Crippen LogP contribution in [0.1, 0.15) is 17.3 Å². The highest BCUT2D eigenvalue weighted by molar-refractivity contribution is 5.94. The average molecular weight is 433 g/mol. The van der Waals surface area contributed by atoms with E-state index in [1.165, 1.54) is 4.90 Å². The van der Waals surface area contributed by atoms with Crippen LogP contribution in [0.5, 0.6) is 0 Å². The number of aromatic nitrogens is 1. The minimum atomic E-state index is -1.65. The summed E-state index contributed by atoms with van der Waals surface area (Å²) in [6, 6.07) is 3.26. The highest BCUT2D eigenvalue weighted by Gasteiger charge is 2.56. The Hall–Kier alpha value is -3.40. The zero-order valence-corrected chi connectivity index (χ0v) is 16.0. The third-order valence-corrected chi connectivity index (χ3v) is 5.98. The monoisotopic (exact) mass is 433 g/mol.